The van der Waals surface area contributed by atoms with Crippen LogP contribution in [0, 0.1) is 6.92 Å². The fourth-order valence-corrected chi connectivity index (χ4v) is 4.98. The van der Waals surface area contributed by atoms with Crippen molar-refractivity contribution in [3.8, 4) is 0 Å². The van der Waals surface area contributed by atoms with Gasteiger partial charge in [0.15, 0.2) is 0 Å². The number of amides is 2. The Bertz CT molecular complexity index is 1510. The van der Waals surface area contributed by atoms with Crippen LogP contribution in [-0.4, -0.2) is 42.5 Å². The van der Waals surface area contributed by atoms with Gasteiger partial charge in [0.2, 0.25) is 5.95 Å². The highest BCUT2D eigenvalue weighted by molar-refractivity contribution is 7.99. The van der Waals surface area contributed by atoms with E-state index in [0.29, 0.717) is 17.8 Å². The second-order valence-electron chi connectivity index (χ2n) is 8.17. The highest BCUT2D eigenvalue weighted by Gasteiger charge is 2.20. The zero-order valence-electron chi connectivity index (χ0n) is 20.4. The average molecular weight is 548 g/mol. The van der Waals surface area contributed by atoms with Gasteiger partial charge >= 0.3 is 0 Å². The van der Waals surface area contributed by atoms with Crippen molar-refractivity contribution in [2.45, 2.75) is 16.7 Å². The molecule has 0 aliphatic rings. The first-order valence-electron chi connectivity index (χ1n) is 11.6. The van der Waals surface area contributed by atoms with Crippen LogP contribution in [-0.2, 0) is 10.0 Å². The summed E-state index contributed by atoms with van der Waals surface area (Å²) in [7, 11) is -4.18. The van der Waals surface area contributed by atoms with Gasteiger partial charge in [-0.2, -0.15) is 0 Å². The zero-order valence-corrected chi connectivity index (χ0v) is 22.1. The second-order valence-corrected chi connectivity index (χ2v) is 11.0. The van der Waals surface area contributed by atoms with E-state index in [0.717, 1.165) is 28.6 Å². The van der Waals surface area contributed by atoms with E-state index in [1.54, 1.807) is 30.0 Å². The van der Waals surface area contributed by atoms with E-state index in [4.69, 9.17) is 0 Å². The minimum Gasteiger partial charge on any atom is -0.353 e. The molecule has 2 amide bonds. The summed E-state index contributed by atoms with van der Waals surface area (Å²) in [5, 5.41) is 5.78. The van der Waals surface area contributed by atoms with E-state index < -0.39 is 15.9 Å². The van der Waals surface area contributed by atoms with Gasteiger partial charge in [-0.3, -0.25) is 9.59 Å². The molecule has 3 aromatic carbocycles. The lowest BCUT2D eigenvalue weighted by Gasteiger charge is -2.09. The first-order valence-corrected chi connectivity index (χ1v) is 14.1. The highest BCUT2D eigenvalue weighted by atomic mass is 32.2. The summed E-state index contributed by atoms with van der Waals surface area (Å²) in [5.74, 6) is -0.0481. The Morgan fingerprint density at radius 3 is 2.24 bits per heavy atom. The van der Waals surface area contributed by atoms with E-state index in [1.807, 2.05) is 48.0 Å². The van der Waals surface area contributed by atoms with Crippen LogP contribution in [0.3, 0.4) is 0 Å². The van der Waals surface area contributed by atoms with Crippen molar-refractivity contribution in [2.24, 2.45) is 0 Å². The maximum Gasteiger partial charge on any atom is 0.267 e. The molecule has 0 radical (unpaired) electrons. The molecule has 38 heavy (non-hydrogen) atoms. The van der Waals surface area contributed by atoms with Crippen LogP contribution in [0.5, 0.6) is 0 Å². The van der Waals surface area contributed by atoms with E-state index in [-0.39, 0.29) is 22.3 Å². The standard InChI is InChI=1S/C27H25N5O4S2/c1-19-6-5-7-21(16-19)25(33)31-22-12-10-20(11-13-22)26(34)32-38(35,36)24-17-29-27(30-18-24)28-14-15-37-23-8-3-2-4-9-23/h2-13,16-18H,14-15H2,1H3,(H,31,33)(H,32,34)(H,28,29,30). The van der Waals surface area contributed by atoms with E-state index in [2.05, 4.69) is 20.6 Å². The monoisotopic (exact) mass is 547 g/mol. The molecule has 194 valence electrons. The molecule has 0 bridgehead atoms. The predicted octanol–water partition coefficient (Wildman–Crippen LogP) is 4.36. The van der Waals surface area contributed by atoms with Crippen LogP contribution in [0.15, 0.2) is 101 Å². The normalized spacial score (nSPS) is 11.0. The average Bonchev–Trinajstić information content (AvgIpc) is 2.92. The fraction of sp³-hybridized carbons (Fsp3) is 0.111. The summed E-state index contributed by atoms with van der Waals surface area (Å²) in [4.78, 5) is 33.9. The summed E-state index contributed by atoms with van der Waals surface area (Å²) in [6.45, 7) is 2.48. The number of aromatic nitrogens is 2. The topological polar surface area (TPSA) is 130 Å². The van der Waals surface area contributed by atoms with Crippen molar-refractivity contribution in [3.63, 3.8) is 0 Å². The van der Waals surface area contributed by atoms with Crippen LogP contribution in [0.2, 0.25) is 0 Å². The number of aryl methyl sites for hydroxylation is 1. The molecule has 4 aromatic rings. The molecule has 0 spiro atoms. The summed E-state index contributed by atoms with van der Waals surface area (Å²) in [6, 6.07) is 23.0. The first-order chi connectivity index (χ1) is 18.3. The van der Waals surface area contributed by atoms with Crippen LogP contribution in [0.1, 0.15) is 26.3 Å². The minimum atomic E-state index is -4.18. The van der Waals surface area contributed by atoms with Gasteiger partial charge in [0.25, 0.3) is 21.8 Å². The fourth-order valence-electron chi connectivity index (χ4n) is 3.33. The van der Waals surface area contributed by atoms with Gasteiger partial charge in [-0.15, -0.1) is 11.8 Å². The van der Waals surface area contributed by atoms with Crippen LogP contribution < -0.4 is 15.4 Å². The predicted molar refractivity (Wildman–Crippen MR) is 148 cm³/mol. The molecule has 3 N–H and O–H groups in total. The number of thioether (sulfide) groups is 1. The number of nitrogens with zero attached hydrogens (tertiary/aromatic N) is 2. The zero-order chi connectivity index (χ0) is 27.0. The van der Waals surface area contributed by atoms with E-state index in [9.17, 15) is 18.0 Å². The highest BCUT2D eigenvalue weighted by Crippen LogP contribution is 2.17. The number of carbonyl (C=O) groups excluding carboxylic acids is 2. The number of sulfonamides is 1. The van der Waals surface area contributed by atoms with Crippen LogP contribution in [0.25, 0.3) is 0 Å². The quantitative estimate of drug-likeness (QED) is 0.197. The molecule has 0 saturated carbocycles. The number of carbonyl (C=O) groups is 2. The van der Waals surface area contributed by atoms with Gasteiger partial charge in [0.1, 0.15) is 4.90 Å². The number of nitrogens with one attached hydrogen (secondary N) is 3. The lowest BCUT2D eigenvalue weighted by atomic mass is 10.1. The molecular formula is C27H25N5O4S2. The molecule has 1 aromatic heterocycles. The maximum absolute atomic E-state index is 12.6. The van der Waals surface area contributed by atoms with Crippen LogP contribution in [0.4, 0.5) is 11.6 Å². The number of rotatable bonds is 10. The van der Waals surface area contributed by atoms with Crippen molar-refractivity contribution < 1.29 is 18.0 Å². The third-order valence-electron chi connectivity index (χ3n) is 5.25. The third-order valence-corrected chi connectivity index (χ3v) is 7.55. The molecule has 0 atom stereocenters. The molecule has 11 heteroatoms. The third kappa shape index (κ3) is 7.40. The molecule has 0 fully saturated rings. The van der Waals surface area contributed by atoms with Crippen molar-refractivity contribution >= 4 is 45.2 Å². The molecule has 0 saturated heterocycles. The maximum atomic E-state index is 12.6. The van der Waals surface area contributed by atoms with Crippen molar-refractivity contribution in [3.05, 3.63) is 108 Å². The van der Waals surface area contributed by atoms with Crippen molar-refractivity contribution in [1.29, 1.82) is 0 Å². The van der Waals surface area contributed by atoms with Gasteiger partial charge in [0.05, 0.1) is 12.4 Å². The number of hydrogen-bond donors (Lipinski definition) is 3. The number of hydrogen-bond acceptors (Lipinski definition) is 8. The number of anilines is 2. The lowest BCUT2D eigenvalue weighted by molar-refractivity contribution is 0.0980. The molecule has 0 unspecified atom stereocenters. The molecule has 4 rings (SSSR count). The summed E-state index contributed by atoms with van der Waals surface area (Å²) >= 11 is 1.67. The number of benzene rings is 3. The van der Waals surface area contributed by atoms with Crippen molar-refractivity contribution in [2.75, 3.05) is 22.9 Å². The Hall–Kier alpha value is -4.22. The van der Waals surface area contributed by atoms with E-state index in [1.165, 1.54) is 24.3 Å². The minimum absolute atomic E-state index is 0.109. The van der Waals surface area contributed by atoms with Crippen LogP contribution >= 0.6 is 11.8 Å². The molecule has 0 aliphatic carbocycles. The Kier molecular flexibility index (Phi) is 8.72. The Balaban J connectivity index is 1.29. The van der Waals surface area contributed by atoms with Crippen molar-refractivity contribution in [1.82, 2.24) is 14.7 Å². The first kappa shape index (κ1) is 26.8. The van der Waals surface area contributed by atoms with Gasteiger partial charge in [0, 0.05) is 34.0 Å². The van der Waals surface area contributed by atoms with Gasteiger partial charge in [-0.25, -0.2) is 23.1 Å². The van der Waals surface area contributed by atoms with Gasteiger partial charge in [-0.05, 0) is 55.5 Å². The summed E-state index contributed by atoms with van der Waals surface area (Å²) < 4.78 is 27.3. The lowest BCUT2D eigenvalue weighted by Crippen LogP contribution is -2.30. The molecule has 0 aliphatic heterocycles. The van der Waals surface area contributed by atoms with Gasteiger partial charge < -0.3 is 10.6 Å². The van der Waals surface area contributed by atoms with Gasteiger partial charge in [-0.1, -0.05) is 35.9 Å². The smallest absolute Gasteiger partial charge is 0.267 e. The molecule has 9 nitrogen and oxygen atoms in total. The summed E-state index contributed by atoms with van der Waals surface area (Å²) in [6.07, 6.45) is 2.28. The molecular weight excluding hydrogens is 522 g/mol. The summed E-state index contributed by atoms with van der Waals surface area (Å²) in [5.41, 5.74) is 2.04. The second kappa shape index (κ2) is 12.3. The Morgan fingerprint density at radius 2 is 1.55 bits per heavy atom. The van der Waals surface area contributed by atoms with E-state index >= 15 is 0 Å². The Labute approximate surface area is 225 Å². The largest absolute Gasteiger partial charge is 0.353 e. The SMILES string of the molecule is Cc1cccc(C(=O)Nc2ccc(C(=O)NS(=O)(=O)c3cnc(NCCSc4ccccc4)nc3)cc2)c1. The molecule has 1 heterocycles. The Morgan fingerprint density at radius 1 is 0.842 bits per heavy atom.